The van der Waals surface area contributed by atoms with Crippen molar-refractivity contribution in [3.8, 4) is 0 Å². The molecule has 0 aromatic heterocycles. The van der Waals surface area contributed by atoms with Crippen molar-refractivity contribution in [2.75, 3.05) is 6.79 Å². The topological polar surface area (TPSA) is 35.5 Å². The summed E-state index contributed by atoms with van der Waals surface area (Å²) in [6, 6.07) is 0. The minimum Gasteiger partial charge on any atom is -0.435 e. The molecule has 0 heterocycles. The van der Waals surface area contributed by atoms with Gasteiger partial charge in [0, 0.05) is 15.5 Å². The second-order valence-electron chi connectivity index (χ2n) is 0.952. The number of ether oxygens (including phenoxy) is 1. The fourth-order valence-electron chi connectivity index (χ4n) is 0.151. The van der Waals surface area contributed by atoms with Gasteiger partial charge < -0.3 is 9.26 Å². The first kappa shape index (κ1) is 7.60. The fraction of sp³-hybridized carbons (Fsp3) is 0.250. The Hall–Kier alpha value is -0.400. The van der Waals surface area contributed by atoms with E-state index >= 15 is 0 Å². The highest BCUT2D eigenvalue weighted by atomic mass is 31.0. The van der Waals surface area contributed by atoms with Crippen LogP contribution >= 0.6 is 9.47 Å². The molecule has 1 unspecified atom stereocenters. The molecule has 46 valence electrons. The van der Waals surface area contributed by atoms with Crippen molar-refractivity contribution in [2.45, 2.75) is 0 Å². The molecule has 0 rings (SSSR count). The maximum atomic E-state index is 10.1. The van der Waals surface area contributed by atoms with Crippen LogP contribution in [0.4, 0.5) is 0 Å². The van der Waals surface area contributed by atoms with E-state index in [4.69, 9.17) is 0 Å². The van der Waals surface area contributed by atoms with Gasteiger partial charge >= 0.3 is 5.97 Å². The van der Waals surface area contributed by atoms with Gasteiger partial charge in [0.2, 0.25) is 0 Å². The summed E-state index contributed by atoms with van der Waals surface area (Å²) >= 11 is 0. The molecule has 3 nitrogen and oxygen atoms in total. The van der Waals surface area contributed by atoms with Gasteiger partial charge in [-0.2, -0.15) is 0 Å². The van der Waals surface area contributed by atoms with Crippen LogP contribution in [0.5, 0.6) is 0 Å². The van der Waals surface area contributed by atoms with Crippen LogP contribution in [0.1, 0.15) is 0 Å². The molecule has 4 heteroatoms. The van der Waals surface area contributed by atoms with Gasteiger partial charge in [0.15, 0.2) is 6.79 Å². The molecule has 0 aromatic carbocycles. The molecule has 0 aliphatic carbocycles. The van der Waals surface area contributed by atoms with E-state index in [1.54, 1.807) is 0 Å². The molecule has 1 atom stereocenters. The minimum atomic E-state index is -0.479. The van der Waals surface area contributed by atoms with E-state index in [1.807, 2.05) is 9.47 Å². The molecule has 0 aliphatic heterocycles. The summed E-state index contributed by atoms with van der Waals surface area (Å²) in [5, 5.41) is 0. The van der Waals surface area contributed by atoms with E-state index in [0.717, 1.165) is 6.08 Å². The molecule has 0 fully saturated rings. The smallest absolute Gasteiger partial charge is 0.332 e. The number of hydrogen-bond donors (Lipinski definition) is 0. The van der Waals surface area contributed by atoms with Gasteiger partial charge in [-0.1, -0.05) is 6.58 Å². The van der Waals surface area contributed by atoms with Crippen molar-refractivity contribution in [3.63, 3.8) is 0 Å². The van der Waals surface area contributed by atoms with Crippen LogP contribution in [-0.2, 0) is 14.1 Å². The standard InChI is InChI=1S/C4H7O3P/c1-2-4(5)6-3-7-8/h2H,1,3,8H2. The third-order valence-corrected chi connectivity index (χ3v) is 0.572. The fourth-order valence-corrected chi connectivity index (χ4v) is 0.219. The maximum Gasteiger partial charge on any atom is 0.332 e. The molecule has 8 heavy (non-hydrogen) atoms. The van der Waals surface area contributed by atoms with Gasteiger partial charge in [-0.15, -0.1) is 0 Å². The van der Waals surface area contributed by atoms with Gasteiger partial charge in [-0.3, -0.25) is 0 Å². The molecule has 0 aromatic rings. The van der Waals surface area contributed by atoms with Crippen molar-refractivity contribution in [2.24, 2.45) is 0 Å². The zero-order valence-corrected chi connectivity index (χ0v) is 5.45. The highest BCUT2D eigenvalue weighted by molar-refractivity contribution is 7.09. The Balaban J connectivity index is 3.11. The highest BCUT2D eigenvalue weighted by Crippen LogP contribution is 1.85. The Morgan fingerprint density at radius 2 is 2.50 bits per heavy atom. The van der Waals surface area contributed by atoms with Crippen LogP contribution < -0.4 is 0 Å². The first-order valence-electron chi connectivity index (χ1n) is 1.92. The normalized spacial score (nSPS) is 8.12. The second kappa shape index (κ2) is 4.75. The Kier molecular flexibility index (Phi) is 4.51. The van der Waals surface area contributed by atoms with Crippen molar-refractivity contribution in [3.05, 3.63) is 12.7 Å². The number of rotatable bonds is 3. The van der Waals surface area contributed by atoms with E-state index in [2.05, 4.69) is 15.8 Å². The zero-order valence-electron chi connectivity index (χ0n) is 4.29. The molecule has 0 saturated heterocycles. The Bertz CT molecular complexity index is 91.3. The predicted molar refractivity (Wildman–Crippen MR) is 32.0 cm³/mol. The van der Waals surface area contributed by atoms with Gasteiger partial charge in [0.1, 0.15) is 0 Å². The number of hydrogen-bond acceptors (Lipinski definition) is 3. The van der Waals surface area contributed by atoms with Crippen LogP contribution in [0.25, 0.3) is 0 Å². The summed E-state index contributed by atoms with van der Waals surface area (Å²) in [6.45, 7) is 3.13. The second-order valence-corrected chi connectivity index (χ2v) is 1.29. The lowest BCUT2D eigenvalue weighted by atomic mass is 10.7. The molecular weight excluding hydrogens is 127 g/mol. The van der Waals surface area contributed by atoms with Gasteiger partial charge in [-0.25, -0.2) is 4.79 Å². The summed E-state index contributed by atoms with van der Waals surface area (Å²) in [6.07, 6.45) is 1.07. The van der Waals surface area contributed by atoms with Crippen LogP contribution in [0.2, 0.25) is 0 Å². The lowest BCUT2D eigenvalue weighted by Crippen LogP contribution is -2.00. The Morgan fingerprint density at radius 1 is 1.88 bits per heavy atom. The van der Waals surface area contributed by atoms with Crippen molar-refractivity contribution < 1.29 is 14.1 Å². The summed E-state index contributed by atoms with van der Waals surface area (Å²) in [4.78, 5) is 10.1. The Morgan fingerprint density at radius 3 is 2.88 bits per heavy atom. The summed E-state index contributed by atoms with van der Waals surface area (Å²) < 4.78 is 8.68. The summed E-state index contributed by atoms with van der Waals surface area (Å²) in [5.41, 5.74) is 0. The number of esters is 1. The quantitative estimate of drug-likeness (QED) is 0.244. The largest absolute Gasteiger partial charge is 0.435 e. The summed E-state index contributed by atoms with van der Waals surface area (Å²) in [5.74, 6) is -0.479. The summed E-state index contributed by atoms with van der Waals surface area (Å²) in [7, 11) is 1.95. The minimum absolute atomic E-state index is 0.0461. The molecule has 0 saturated carbocycles. The third kappa shape index (κ3) is 3.78. The monoisotopic (exact) mass is 134 g/mol. The molecule has 0 spiro atoms. The van der Waals surface area contributed by atoms with Gasteiger partial charge in [0.25, 0.3) is 0 Å². The van der Waals surface area contributed by atoms with E-state index < -0.39 is 5.97 Å². The SMILES string of the molecule is C=CC(=O)OCOP. The zero-order chi connectivity index (χ0) is 6.41. The molecule has 0 aliphatic rings. The van der Waals surface area contributed by atoms with Crippen molar-refractivity contribution >= 4 is 15.4 Å². The molecule has 0 radical (unpaired) electrons. The lowest BCUT2D eigenvalue weighted by Gasteiger charge is -1.95. The van der Waals surface area contributed by atoms with E-state index in [9.17, 15) is 4.79 Å². The molecule has 0 bridgehead atoms. The lowest BCUT2D eigenvalue weighted by molar-refractivity contribution is -0.143. The average molecular weight is 134 g/mol. The molecule has 0 amide bonds. The first-order chi connectivity index (χ1) is 3.81. The average Bonchev–Trinajstić information content (AvgIpc) is 1.83. The predicted octanol–water partition coefficient (Wildman–Crippen LogP) is 0.480. The highest BCUT2D eigenvalue weighted by Gasteiger charge is 1.89. The molecular formula is C4H7O3P. The van der Waals surface area contributed by atoms with Crippen LogP contribution in [0.15, 0.2) is 12.7 Å². The van der Waals surface area contributed by atoms with E-state index in [0.29, 0.717) is 0 Å². The maximum absolute atomic E-state index is 10.1. The number of carbonyl (C=O) groups excluding carboxylic acids is 1. The Labute approximate surface area is 49.9 Å². The van der Waals surface area contributed by atoms with Crippen LogP contribution in [0, 0.1) is 0 Å². The third-order valence-electron chi connectivity index (χ3n) is 0.436. The van der Waals surface area contributed by atoms with Crippen molar-refractivity contribution in [1.29, 1.82) is 0 Å². The van der Waals surface area contributed by atoms with Crippen LogP contribution in [0.3, 0.4) is 0 Å². The van der Waals surface area contributed by atoms with E-state index in [1.165, 1.54) is 0 Å². The van der Waals surface area contributed by atoms with E-state index in [-0.39, 0.29) is 6.79 Å². The van der Waals surface area contributed by atoms with Crippen molar-refractivity contribution in [1.82, 2.24) is 0 Å². The molecule has 0 N–H and O–H groups in total. The number of carbonyl (C=O) groups is 1. The van der Waals surface area contributed by atoms with Gasteiger partial charge in [0.05, 0.1) is 0 Å². The van der Waals surface area contributed by atoms with Crippen LogP contribution in [-0.4, -0.2) is 12.8 Å². The van der Waals surface area contributed by atoms with Gasteiger partial charge in [-0.05, 0) is 0 Å². The first-order valence-corrected chi connectivity index (χ1v) is 2.39.